The van der Waals surface area contributed by atoms with Crippen molar-refractivity contribution < 1.29 is 23.7 Å². The number of hydrogen-bond acceptors (Lipinski definition) is 5. The van der Waals surface area contributed by atoms with E-state index in [-0.39, 0.29) is 40.8 Å². The summed E-state index contributed by atoms with van der Waals surface area (Å²) in [6.45, 7) is 11.8. The van der Waals surface area contributed by atoms with Crippen LogP contribution < -0.4 is 9.47 Å². The van der Waals surface area contributed by atoms with E-state index in [0.717, 1.165) is 24.9 Å². The average molecular weight is 422 g/mol. The third-order valence-electron chi connectivity index (χ3n) is 6.65. The molecule has 0 radical (unpaired) electrons. The molecule has 0 amide bonds. The zero-order valence-corrected chi connectivity index (χ0v) is 19.1. The number of fused-ring (bicyclic) bond motifs is 3. The molecule has 0 bridgehead atoms. The molecule has 1 aromatic carbocycles. The molecule has 4 rings (SSSR count). The molecular weight excluding hydrogens is 385 g/mol. The average Bonchev–Trinajstić information content (AvgIpc) is 2.61. The molecule has 1 saturated heterocycles. The minimum absolute atomic E-state index is 0.0355. The Morgan fingerprint density at radius 1 is 1.23 bits per heavy atom. The lowest BCUT2D eigenvalue weighted by atomic mass is 9.70. The van der Waals surface area contributed by atoms with E-state index in [4.69, 9.17) is 14.2 Å². The van der Waals surface area contributed by atoms with E-state index in [2.05, 4.69) is 18.7 Å². The third-order valence-corrected chi connectivity index (χ3v) is 6.65. The van der Waals surface area contributed by atoms with E-state index < -0.39 is 6.10 Å². The molecule has 2 fully saturated rings. The zero-order valence-electron chi connectivity index (χ0n) is 19.1. The van der Waals surface area contributed by atoms with Crippen molar-refractivity contribution in [2.45, 2.75) is 90.3 Å². The second-order valence-electron chi connectivity index (χ2n) is 10.9. The summed E-state index contributed by atoms with van der Waals surface area (Å²) < 4.78 is 33.2. The van der Waals surface area contributed by atoms with Gasteiger partial charge in [-0.1, -0.05) is 13.8 Å². The number of piperidine rings is 1. The van der Waals surface area contributed by atoms with Gasteiger partial charge in [-0.3, -0.25) is 4.90 Å². The minimum atomic E-state index is -0.585. The van der Waals surface area contributed by atoms with Gasteiger partial charge in [0.15, 0.2) is 17.3 Å². The molecular formula is C24H36FNO4. The highest BCUT2D eigenvalue weighted by atomic mass is 19.1. The van der Waals surface area contributed by atoms with Crippen molar-refractivity contribution in [2.75, 3.05) is 20.2 Å². The van der Waals surface area contributed by atoms with Gasteiger partial charge in [-0.25, -0.2) is 4.39 Å². The quantitative estimate of drug-likeness (QED) is 0.788. The molecule has 1 aromatic rings. The van der Waals surface area contributed by atoms with E-state index in [0.29, 0.717) is 30.7 Å². The van der Waals surface area contributed by atoms with E-state index >= 15 is 4.39 Å². The third kappa shape index (κ3) is 4.19. The summed E-state index contributed by atoms with van der Waals surface area (Å²) in [6, 6.07) is 1.88. The van der Waals surface area contributed by atoms with E-state index in [1.807, 2.05) is 26.8 Å². The van der Waals surface area contributed by atoms with Crippen LogP contribution in [0, 0.1) is 11.2 Å². The SMILES string of the molecule is COc1cc2c(c(F)c1OC1CC(C)(C)C1)CCN1C[C@@H](OC(C)(C)C)[C@H](O)C[C@H]21. The maximum absolute atomic E-state index is 15.6. The van der Waals surface area contributed by atoms with Crippen LogP contribution in [-0.4, -0.2) is 54.1 Å². The Hall–Kier alpha value is -1.37. The molecule has 3 aliphatic rings. The van der Waals surface area contributed by atoms with Crippen molar-refractivity contribution in [1.82, 2.24) is 4.90 Å². The Morgan fingerprint density at radius 2 is 1.93 bits per heavy atom. The van der Waals surface area contributed by atoms with Crippen molar-refractivity contribution in [1.29, 1.82) is 0 Å². The summed E-state index contributed by atoms with van der Waals surface area (Å²) in [4.78, 5) is 2.30. The van der Waals surface area contributed by atoms with Gasteiger partial charge < -0.3 is 19.3 Å². The van der Waals surface area contributed by atoms with Gasteiger partial charge in [0.1, 0.15) is 6.10 Å². The molecule has 1 aliphatic carbocycles. The number of nitrogens with zero attached hydrogens (tertiary/aromatic N) is 1. The van der Waals surface area contributed by atoms with Gasteiger partial charge in [0.05, 0.1) is 24.9 Å². The molecule has 0 spiro atoms. The van der Waals surface area contributed by atoms with Crippen molar-refractivity contribution in [2.24, 2.45) is 5.41 Å². The van der Waals surface area contributed by atoms with Crippen LogP contribution in [0.15, 0.2) is 6.07 Å². The maximum Gasteiger partial charge on any atom is 0.197 e. The summed E-state index contributed by atoms with van der Waals surface area (Å²) in [7, 11) is 1.56. The molecule has 168 valence electrons. The summed E-state index contributed by atoms with van der Waals surface area (Å²) in [5.41, 5.74) is 1.55. The standard InChI is InChI=1S/C24H36FNO4/c1-23(2,3)30-20-13-26-8-7-15-16(17(26)10-18(20)27)9-19(28-6)22(21(15)25)29-14-11-24(4,5)12-14/h9,14,17-18,20,27H,7-8,10-13H2,1-6H3/t17-,18-,20-/m1/s1. The molecule has 0 unspecified atom stereocenters. The van der Waals surface area contributed by atoms with E-state index in [9.17, 15) is 5.11 Å². The lowest BCUT2D eigenvalue weighted by Gasteiger charge is -2.47. The Morgan fingerprint density at radius 3 is 2.53 bits per heavy atom. The number of halogens is 1. The van der Waals surface area contributed by atoms with Gasteiger partial charge in [-0.2, -0.15) is 0 Å². The van der Waals surface area contributed by atoms with Crippen molar-refractivity contribution in [3.8, 4) is 11.5 Å². The molecule has 2 aliphatic heterocycles. The Bertz CT molecular complexity index is 795. The fourth-order valence-corrected chi connectivity index (χ4v) is 5.31. The zero-order chi connectivity index (χ0) is 21.8. The number of benzene rings is 1. The molecule has 3 atom stereocenters. The number of ether oxygens (including phenoxy) is 3. The van der Waals surface area contributed by atoms with Gasteiger partial charge in [0.2, 0.25) is 0 Å². The summed E-state index contributed by atoms with van der Waals surface area (Å²) in [5, 5.41) is 10.8. The summed E-state index contributed by atoms with van der Waals surface area (Å²) in [6.07, 6.45) is 2.19. The van der Waals surface area contributed by atoms with Gasteiger partial charge in [0, 0.05) is 19.1 Å². The predicted octanol–water partition coefficient (Wildman–Crippen LogP) is 4.25. The second kappa shape index (κ2) is 7.64. The fourth-order valence-electron chi connectivity index (χ4n) is 5.31. The topological polar surface area (TPSA) is 51.2 Å². The first-order valence-corrected chi connectivity index (χ1v) is 11.1. The Balaban J connectivity index is 1.58. The van der Waals surface area contributed by atoms with Crippen molar-refractivity contribution in [3.63, 3.8) is 0 Å². The van der Waals surface area contributed by atoms with E-state index in [1.165, 1.54) is 0 Å². The molecule has 0 aromatic heterocycles. The lowest BCUT2D eigenvalue weighted by molar-refractivity contribution is -0.149. The maximum atomic E-state index is 15.6. The predicted molar refractivity (Wildman–Crippen MR) is 114 cm³/mol. The molecule has 5 nitrogen and oxygen atoms in total. The van der Waals surface area contributed by atoms with Crippen LogP contribution in [0.25, 0.3) is 0 Å². The van der Waals surface area contributed by atoms with Gasteiger partial charge >= 0.3 is 0 Å². The number of aliphatic hydroxyl groups is 1. The first-order valence-electron chi connectivity index (χ1n) is 11.1. The molecule has 1 saturated carbocycles. The Labute approximate surface area is 179 Å². The van der Waals surface area contributed by atoms with Crippen LogP contribution in [0.3, 0.4) is 0 Å². The smallest absolute Gasteiger partial charge is 0.197 e. The van der Waals surface area contributed by atoms with Crippen LogP contribution in [0.1, 0.15) is 71.0 Å². The number of hydrogen-bond donors (Lipinski definition) is 1. The number of methoxy groups -OCH3 is 1. The fraction of sp³-hybridized carbons (Fsp3) is 0.750. The van der Waals surface area contributed by atoms with Gasteiger partial charge in [-0.15, -0.1) is 0 Å². The van der Waals surface area contributed by atoms with Crippen LogP contribution >= 0.6 is 0 Å². The summed E-state index contributed by atoms with van der Waals surface area (Å²) in [5.74, 6) is 0.395. The highest BCUT2D eigenvalue weighted by molar-refractivity contribution is 5.51. The van der Waals surface area contributed by atoms with E-state index in [1.54, 1.807) is 7.11 Å². The number of rotatable bonds is 4. The molecule has 1 N–H and O–H groups in total. The normalized spacial score (nSPS) is 29.0. The molecule has 2 heterocycles. The lowest BCUT2D eigenvalue weighted by Crippen LogP contribution is -2.53. The van der Waals surface area contributed by atoms with Crippen LogP contribution in [0.5, 0.6) is 11.5 Å². The van der Waals surface area contributed by atoms with Crippen LogP contribution in [0.2, 0.25) is 0 Å². The largest absolute Gasteiger partial charge is 0.493 e. The minimum Gasteiger partial charge on any atom is -0.493 e. The molecule has 30 heavy (non-hydrogen) atoms. The first kappa shape index (κ1) is 21.8. The highest BCUT2D eigenvalue weighted by Crippen LogP contribution is 2.47. The second-order valence-corrected chi connectivity index (χ2v) is 10.9. The highest BCUT2D eigenvalue weighted by Gasteiger charge is 2.43. The monoisotopic (exact) mass is 421 g/mol. The van der Waals surface area contributed by atoms with Crippen LogP contribution in [0.4, 0.5) is 4.39 Å². The van der Waals surface area contributed by atoms with Crippen molar-refractivity contribution in [3.05, 3.63) is 23.0 Å². The molecule has 6 heteroatoms. The summed E-state index contributed by atoms with van der Waals surface area (Å²) >= 11 is 0. The van der Waals surface area contributed by atoms with Gasteiger partial charge in [-0.05, 0) is 69.1 Å². The van der Waals surface area contributed by atoms with Gasteiger partial charge in [0.25, 0.3) is 0 Å². The Kier molecular flexibility index (Phi) is 5.57. The van der Waals surface area contributed by atoms with Crippen molar-refractivity contribution >= 4 is 0 Å². The first-order chi connectivity index (χ1) is 14.0. The van der Waals surface area contributed by atoms with Crippen LogP contribution in [-0.2, 0) is 11.2 Å². The number of aliphatic hydroxyl groups excluding tert-OH is 1.